The van der Waals surface area contributed by atoms with Crippen LogP contribution in [0.2, 0.25) is 0 Å². The van der Waals surface area contributed by atoms with Gasteiger partial charge in [-0.2, -0.15) is 0 Å². The van der Waals surface area contributed by atoms with Gasteiger partial charge in [0.15, 0.2) is 11.6 Å². The van der Waals surface area contributed by atoms with Gasteiger partial charge < -0.3 is 15.3 Å². The first-order chi connectivity index (χ1) is 15.7. The van der Waals surface area contributed by atoms with Crippen molar-refractivity contribution in [3.63, 3.8) is 0 Å². The van der Waals surface area contributed by atoms with Crippen LogP contribution in [0.15, 0.2) is 34.9 Å². The van der Waals surface area contributed by atoms with Crippen LogP contribution in [0.1, 0.15) is 57.9 Å². The Morgan fingerprint density at radius 2 is 1.97 bits per heavy atom. The zero-order valence-electron chi connectivity index (χ0n) is 19.6. The van der Waals surface area contributed by atoms with Gasteiger partial charge in [0.2, 0.25) is 11.8 Å². The highest BCUT2D eigenvalue weighted by molar-refractivity contribution is 6.05. The minimum Gasteiger partial charge on any atom is -0.505 e. The molecule has 180 valence electrons. The minimum absolute atomic E-state index is 0.211. The lowest BCUT2D eigenvalue weighted by molar-refractivity contribution is -0.138. The zero-order chi connectivity index (χ0) is 24.3. The van der Waals surface area contributed by atoms with Gasteiger partial charge in [0.05, 0.1) is 24.5 Å². The lowest BCUT2D eigenvalue weighted by Crippen LogP contribution is -2.39. The second-order valence-corrected chi connectivity index (χ2v) is 9.09. The molecule has 0 bridgehead atoms. The Hall–Kier alpha value is -2.51. The Morgan fingerprint density at radius 1 is 1.24 bits per heavy atom. The third-order valence-electron chi connectivity index (χ3n) is 7.04. The number of phenols is 1. The number of fused-ring (bicyclic) bond motifs is 1. The van der Waals surface area contributed by atoms with Crippen molar-refractivity contribution in [2.24, 2.45) is 17.8 Å². The van der Waals surface area contributed by atoms with E-state index >= 15 is 0 Å². The first kappa shape index (κ1) is 25.1. The van der Waals surface area contributed by atoms with Crippen molar-refractivity contribution < 1.29 is 29.3 Å². The van der Waals surface area contributed by atoms with Crippen LogP contribution in [0.4, 0.5) is 4.39 Å². The first-order valence-corrected chi connectivity index (χ1v) is 11.7. The topological polar surface area (TPSA) is 98.1 Å². The summed E-state index contributed by atoms with van der Waals surface area (Å²) >= 11 is 0. The fraction of sp³-hybridized carbons (Fsp3) is 0.538. The monoisotopic (exact) mass is 459 g/mol. The molecule has 0 saturated carbocycles. The van der Waals surface area contributed by atoms with Crippen molar-refractivity contribution in [2.75, 3.05) is 13.7 Å². The highest BCUT2D eigenvalue weighted by atomic mass is 19.1. The van der Waals surface area contributed by atoms with E-state index in [-0.39, 0.29) is 18.4 Å². The predicted molar refractivity (Wildman–Crippen MR) is 123 cm³/mol. The number of rotatable bonds is 9. The summed E-state index contributed by atoms with van der Waals surface area (Å²) in [5, 5.41) is 30.8. The van der Waals surface area contributed by atoms with Gasteiger partial charge in [-0.15, -0.1) is 0 Å². The van der Waals surface area contributed by atoms with E-state index in [1.807, 2.05) is 19.9 Å². The van der Waals surface area contributed by atoms with E-state index in [9.17, 15) is 29.3 Å². The van der Waals surface area contributed by atoms with Crippen molar-refractivity contribution in [1.82, 2.24) is 4.90 Å². The molecule has 6 nitrogen and oxygen atoms in total. The van der Waals surface area contributed by atoms with E-state index < -0.39 is 35.4 Å². The van der Waals surface area contributed by atoms with E-state index in [0.29, 0.717) is 36.8 Å². The maximum atomic E-state index is 13.7. The van der Waals surface area contributed by atoms with Gasteiger partial charge in [-0.25, -0.2) is 4.39 Å². The number of halogens is 1. The summed E-state index contributed by atoms with van der Waals surface area (Å²) in [6.45, 7) is 3.71. The van der Waals surface area contributed by atoms with Gasteiger partial charge in [-0.1, -0.05) is 43.6 Å². The molecule has 1 fully saturated rings. The molecule has 0 radical (unpaired) electrons. The lowest BCUT2D eigenvalue weighted by Gasteiger charge is -2.36. The number of phenolic OH excluding ortho intramolecular Hbond substituents is 1. The average Bonchev–Trinajstić information content (AvgIpc) is 3.02. The second kappa shape index (κ2) is 10.6. The van der Waals surface area contributed by atoms with Crippen molar-refractivity contribution in [3.8, 4) is 5.75 Å². The molecule has 0 aromatic heterocycles. The van der Waals surface area contributed by atoms with Crippen molar-refractivity contribution in [2.45, 2.75) is 58.5 Å². The van der Waals surface area contributed by atoms with Gasteiger partial charge >= 0.3 is 0 Å². The molecular formula is C26H34FNO5. The number of aliphatic hydroxyl groups is 2. The average molecular weight is 460 g/mol. The van der Waals surface area contributed by atoms with Crippen LogP contribution in [-0.2, 0) is 9.59 Å². The van der Waals surface area contributed by atoms with E-state index in [1.54, 1.807) is 6.07 Å². The van der Waals surface area contributed by atoms with Crippen LogP contribution in [-0.4, -0.2) is 51.8 Å². The molecule has 3 N–H and O–H groups in total. The molecule has 1 heterocycles. The van der Waals surface area contributed by atoms with Gasteiger partial charge in [-0.3, -0.25) is 14.5 Å². The highest BCUT2D eigenvalue weighted by Gasteiger charge is 2.53. The summed E-state index contributed by atoms with van der Waals surface area (Å²) in [5.41, 5.74) is 3.33. The molecule has 2 amide bonds. The quantitative estimate of drug-likeness (QED) is 0.385. The van der Waals surface area contributed by atoms with E-state index in [2.05, 4.69) is 0 Å². The van der Waals surface area contributed by atoms with Crippen LogP contribution in [0.25, 0.3) is 6.08 Å². The SMILES string of the molecule is CCC/C(=C\c1ccc(O)c(F)c1)CC[C@@H](O)C1=C(CC)C[C@H]2C(=O)N(C)C(=O)[C@H]2[C@H]1CO. The van der Waals surface area contributed by atoms with Gasteiger partial charge in [0.25, 0.3) is 0 Å². The van der Waals surface area contributed by atoms with Crippen LogP contribution < -0.4 is 0 Å². The number of nitrogens with zero attached hydrogens (tertiary/aromatic N) is 1. The largest absolute Gasteiger partial charge is 0.505 e. The van der Waals surface area contributed by atoms with Crippen molar-refractivity contribution >= 4 is 17.9 Å². The molecule has 4 atom stereocenters. The molecule has 2 aliphatic rings. The number of amides is 2. The second-order valence-electron chi connectivity index (χ2n) is 9.09. The summed E-state index contributed by atoms with van der Waals surface area (Å²) in [5.74, 6) is -3.24. The molecule has 3 rings (SSSR count). The van der Waals surface area contributed by atoms with Crippen molar-refractivity contribution in [1.29, 1.82) is 0 Å². The van der Waals surface area contributed by atoms with E-state index in [1.165, 1.54) is 19.2 Å². The molecule has 7 heteroatoms. The number of hydrogen-bond donors (Lipinski definition) is 3. The summed E-state index contributed by atoms with van der Waals surface area (Å²) in [4.78, 5) is 26.4. The van der Waals surface area contributed by atoms with E-state index in [4.69, 9.17) is 0 Å². The summed E-state index contributed by atoms with van der Waals surface area (Å²) < 4.78 is 13.7. The number of benzene rings is 1. The number of aromatic hydroxyl groups is 1. The third kappa shape index (κ3) is 5.04. The van der Waals surface area contributed by atoms with Gasteiger partial charge in [0, 0.05) is 13.0 Å². The van der Waals surface area contributed by atoms with Crippen LogP contribution in [0.5, 0.6) is 5.75 Å². The predicted octanol–water partition coefficient (Wildman–Crippen LogP) is 3.81. The number of aliphatic hydroxyl groups excluding tert-OH is 2. The summed E-state index contributed by atoms with van der Waals surface area (Å²) in [6.07, 6.45) is 4.74. The van der Waals surface area contributed by atoms with Crippen LogP contribution in [0, 0.1) is 23.6 Å². The number of carbonyl (C=O) groups is 2. The van der Waals surface area contributed by atoms with Crippen LogP contribution in [0.3, 0.4) is 0 Å². The Kier molecular flexibility index (Phi) is 8.08. The molecule has 1 saturated heterocycles. The molecule has 0 spiro atoms. The number of carbonyl (C=O) groups excluding carboxylic acids is 2. The van der Waals surface area contributed by atoms with Crippen molar-refractivity contribution in [3.05, 3.63) is 46.3 Å². The summed E-state index contributed by atoms with van der Waals surface area (Å²) in [7, 11) is 1.48. The molecule has 33 heavy (non-hydrogen) atoms. The van der Waals surface area contributed by atoms with Gasteiger partial charge in [0.1, 0.15) is 0 Å². The summed E-state index contributed by atoms with van der Waals surface area (Å²) in [6, 6.07) is 4.24. The zero-order valence-corrected chi connectivity index (χ0v) is 19.6. The molecule has 1 aliphatic carbocycles. The van der Waals surface area contributed by atoms with E-state index in [0.717, 1.165) is 28.9 Å². The molecule has 1 aliphatic heterocycles. The third-order valence-corrected chi connectivity index (χ3v) is 7.04. The Morgan fingerprint density at radius 3 is 2.58 bits per heavy atom. The maximum absolute atomic E-state index is 13.7. The highest BCUT2D eigenvalue weighted by Crippen LogP contribution is 2.46. The Labute approximate surface area is 194 Å². The molecule has 1 aromatic carbocycles. The first-order valence-electron chi connectivity index (χ1n) is 11.7. The number of allylic oxidation sites excluding steroid dienone is 2. The lowest BCUT2D eigenvalue weighted by atomic mass is 9.67. The fourth-order valence-corrected chi connectivity index (χ4v) is 5.37. The molecule has 1 aromatic rings. The fourth-order valence-electron chi connectivity index (χ4n) is 5.37. The molecule has 0 unspecified atom stereocenters. The van der Waals surface area contributed by atoms with Gasteiger partial charge in [-0.05, 0) is 55.4 Å². The number of likely N-dealkylation sites (tertiary alicyclic amines) is 1. The smallest absolute Gasteiger partial charge is 0.233 e. The maximum Gasteiger partial charge on any atom is 0.233 e. The van der Waals surface area contributed by atoms with Crippen LogP contribution >= 0.6 is 0 Å². The number of hydrogen-bond acceptors (Lipinski definition) is 5. The Balaban J connectivity index is 1.83. The minimum atomic E-state index is -0.844. The number of imide groups is 1. The Bertz CT molecular complexity index is 969. The standard InChI is InChI=1S/C26H34FNO5/c1-4-6-15(11-16-8-9-21(30)20(27)12-16)7-10-22(31)23-17(5-2)13-18-24(19(23)14-29)26(33)28(3)25(18)32/h8-9,11-12,18-19,22,24,29-31H,4-7,10,13-14H2,1-3H3/b15-11+/t18-,19+,22-,24-/m1/s1. The normalized spacial score (nSPS) is 24.5. The molecular weight excluding hydrogens is 425 g/mol.